The van der Waals surface area contributed by atoms with Crippen molar-refractivity contribution in [2.45, 2.75) is 33.2 Å². The fraction of sp³-hybridized carbons (Fsp3) is 0.438. The van der Waals surface area contributed by atoms with Crippen LogP contribution in [0, 0.1) is 6.92 Å². The summed E-state index contributed by atoms with van der Waals surface area (Å²) in [6, 6.07) is 8.41. The highest BCUT2D eigenvalue weighted by atomic mass is 16.5. The van der Waals surface area contributed by atoms with Gasteiger partial charge >= 0.3 is 0 Å². The van der Waals surface area contributed by atoms with Crippen molar-refractivity contribution in [1.29, 1.82) is 0 Å². The minimum atomic E-state index is 0.478. The van der Waals surface area contributed by atoms with Crippen LogP contribution in [0.25, 0.3) is 11.3 Å². The molecule has 4 heteroatoms. The smallest absolute Gasteiger partial charge is 0.128 e. The molecule has 2 aromatic rings. The molecule has 0 saturated carbocycles. The van der Waals surface area contributed by atoms with Crippen molar-refractivity contribution in [3.63, 3.8) is 0 Å². The molecule has 20 heavy (non-hydrogen) atoms. The Balaban J connectivity index is 2.57. The van der Waals surface area contributed by atoms with Crippen LogP contribution in [0.1, 0.15) is 31.0 Å². The Bertz CT molecular complexity index is 587. The number of ether oxygens (including phenoxy) is 1. The molecule has 1 heterocycles. The van der Waals surface area contributed by atoms with Gasteiger partial charge in [0, 0.05) is 12.1 Å². The van der Waals surface area contributed by atoms with E-state index in [2.05, 4.69) is 37.1 Å². The quantitative estimate of drug-likeness (QED) is 0.911. The second-order valence-corrected chi connectivity index (χ2v) is 5.30. The van der Waals surface area contributed by atoms with E-state index in [1.165, 1.54) is 5.56 Å². The van der Waals surface area contributed by atoms with Gasteiger partial charge < -0.3 is 10.5 Å². The lowest BCUT2D eigenvalue weighted by Crippen LogP contribution is -2.12. The van der Waals surface area contributed by atoms with E-state index < -0.39 is 0 Å². The molecule has 0 unspecified atom stereocenters. The van der Waals surface area contributed by atoms with Crippen LogP contribution in [0.3, 0.4) is 0 Å². The number of hydrogen-bond acceptors (Lipinski definition) is 3. The Labute approximate surface area is 120 Å². The Morgan fingerprint density at radius 2 is 2.05 bits per heavy atom. The van der Waals surface area contributed by atoms with E-state index in [1.807, 2.05) is 17.7 Å². The number of rotatable bonds is 5. The second-order valence-electron chi connectivity index (χ2n) is 5.30. The van der Waals surface area contributed by atoms with Gasteiger partial charge in [-0.1, -0.05) is 19.9 Å². The summed E-state index contributed by atoms with van der Waals surface area (Å²) in [4.78, 5) is 0. The molecule has 0 fully saturated rings. The van der Waals surface area contributed by atoms with Crippen LogP contribution in [0.2, 0.25) is 0 Å². The van der Waals surface area contributed by atoms with Gasteiger partial charge in [0.05, 0.1) is 25.0 Å². The maximum atomic E-state index is 5.67. The van der Waals surface area contributed by atoms with Crippen LogP contribution in [0.5, 0.6) is 5.75 Å². The largest absolute Gasteiger partial charge is 0.496 e. The Morgan fingerprint density at radius 3 is 2.65 bits per heavy atom. The molecule has 4 nitrogen and oxygen atoms in total. The lowest BCUT2D eigenvalue weighted by molar-refractivity contribution is 0.415. The first-order valence-corrected chi connectivity index (χ1v) is 6.99. The average Bonchev–Trinajstić information content (AvgIpc) is 2.79. The first-order chi connectivity index (χ1) is 9.56. The van der Waals surface area contributed by atoms with E-state index >= 15 is 0 Å². The van der Waals surface area contributed by atoms with Crippen LogP contribution in [-0.2, 0) is 6.54 Å². The fourth-order valence-corrected chi connectivity index (χ4v) is 2.34. The predicted molar refractivity (Wildman–Crippen MR) is 82.1 cm³/mol. The molecule has 0 aliphatic heterocycles. The van der Waals surface area contributed by atoms with Crippen molar-refractivity contribution in [2.24, 2.45) is 5.73 Å². The number of aryl methyl sites for hydroxylation is 1. The molecule has 0 aliphatic carbocycles. The van der Waals surface area contributed by atoms with Gasteiger partial charge in [-0.15, -0.1) is 0 Å². The van der Waals surface area contributed by atoms with Crippen LogP contribution >= 0.6 is 0 Å². The Kier molecular flexibility index (Phi) is 4.45. The number of benzene rings is 1. The van der Waals surface area contributed by atoms with Crippen molar-refractivity contribution < 1.29 is 4.74 Å². The lowest BCUT2D eigenvalue weighted by atomic mass is 9.98. The highest BCUT2D eigenvalue weighted by molar-refractivity contribution is 5.69. The van der Waals surface area contributed by atoms with E-state index in [9.17, 15) is 0 Å². The van der Waals surface area contributed by atoms with Gasteiger partial charge in [0.2, 0.25) is 0 Å². The molecule has 0 saturated heterocycles. The molecule has 1 aromatic carbocycles. The molecule has 1 aromatic heterocycles. The number of nitrogens with zero attached hydrogens (tertiary/aromatic N) is 2. The van der Waals surface area contributed by atoms with Gasteiger partial charge in [0.1, 0.15) is 5.75 Å². The van der Waals surface area contributed by atoms with Crippen LogP contribution in [0.15, 0.2) is 24.3 Å². The Hall–Kier alpha value is -1.81. The molecule has 0 aliphatic rings. The molecule has 108 valence electrons. The first kappa shape index (κ1) is 14.6. The first-order valence-electron chi connectivity index (χ1n) is 6.99. The summed E-state index contributed by atoms with van der Waals surface area (Å²) in [7, 11) is 1.70. The zero-order chi connectivity index (χ0) is 14.7. The molecule has 0 atom stereocenters. The number of hydrogen-bond donors (Lipinski definition) is 1. The summed E-state index contributed by atoms with van der Waals surface area (Å²) in [6.45, 7) is 7.65. The molecule has 0 radical (unpaired) electrons. The highest BCUT2D eigenvalue weighted by Crippen LogP contribution is 2.33. The molecule has 2 rings (SSSR count). The van der Waals surface area contributed by atoms with E-state index in [0.29, 0.717) is 19.0 Å². The summed E-state index contributed by atoms with van der Waals surface area (Å²) in [5.41, 5.74) is 10.1. The van der Waals surface area contributed by atoms with E-state index in [0.717, 1.165) is 22.7 Å². The number of aromatic nitrogens is 2. The van der Waals surface area contributed by atoms with Gasteiger partial charge in [-0.2, -0.15) is 5.10 Å². The zero-order valence-electron chi connectivity index (χ0n) is 12.7. The second kappa shape index (κ2) is 6.09. The summed E-state index contributed by atoms with van der Waals surface area (Å²) in [5, 5.41) is 4.51. The van der Waals surface area contributed by atoms with Crippen molar-refractivity contribution in [2.75, 3.05) is 13.7 Å². The third-order valence-corrected chi connectivity index (χ3v) is 3.41. The molecule has 2 N–H and O–H groups in total. The van der Waals surface area contributed by atoms with Gasteiger partial charge in [0.15, 0.2) is 0 Å². The maximum absolute atomic E-state index is 5.67. The summed E-state index contributed by atoms with van der Waals surface area (Å²) < 4.78 is 7.46. The minimum absolute atomic E-state index is 0.478. The predicted octanol–water partition coefficient (Wildman–Crippen LogP) is 2.95. The van der Waals surface area contributed by atoms with Gasteiger partial charge in [-0.3, -0.25) is 4.68 Å². The average molecular weight is 273 g/mol. The zero-order valence-corrected chi connectivity index (χ0v) is 12.7. The van der Waals surface area contributed by atoms with E-state index in [1.54, 1.807) is 7.11 Å². The van der Waals surface area contributed by atoms with Crippen molar-refractivity contribution >= 4 is 0 Å². The van der Waals surface area contributed by atoms with Gasteiger partial charge in [-0.25, -0.2) is 0 Å². The minimum Gasteiger partial charge on any atom is -0.496 e. The Morgan fingerprint density at radius 1 is 1.30 bits per heavy atom. The fourth-order valence-electron chi connectivity index (χ4n) is 2.34. The van der Waals surface area contributed by atoms with Crippen molar-refractivity contribution in [1.82, 2.24) is 9.78 Å². The molecule has 0 amide bonds. The van der Waals surface area contributed by atoms with E-state index in [-0.39, 0.29) is 0 Å². The van der Waals surface area contributed by atoms with Crippen LogP contribution in [0.4, 0.5) is 0 Å². The lowest BCUT2D eigenvalue weighted by Gasteiger charge is -2.14. The number of nitrogens with two attached hydrogens (primary N) is 1. The highest BCUT2D eigenvalue weighted by Gasteiger charge is 2.14. The molecule has 0 bridgehead atoms. The van der Waals surface area contributed by atoms with E-state index in [4.69, 9.17) is 10.5 Å². The normalized spacial score (nSPS) is 11.1. The van der Waals surface area contributed by atoms with Crippen molar-refractivity contribution in [3.8, 4) is 17.0 Å². The standard InChI is InChI=1S/C16H23N3O/c1-11(2)13-5-6-16(20-4)14(10-13)15-9-12(3)18-19(15)8-7-17/h5-6,9-11H,7-8,17H2,1-4H3. The third kappa shape index (κ3) is 2.85. The van der Waals surface area contributed by atoms with Crippen molar-refractivity contribution in [3.05, 3.63) is 35.5 Å². The molecule has 0 spiro atoms. The third-order valence-electron chi connectivity index (χ3n) is 3.41. The summed E-state index contributed by atoms with van der Waals surface area (Å²) in [5.74, 6) is 1.35. The van der Waals surface area contributed by atoms with Crippen LogP contribution < -0.4 is 10.5 Å². The monoisotopic (exact) mass is 273 g/mol. The molecular formula is C16H23N3O. The van der Waals surface area contributed by atoms with Gasteiger partial charge in [0.25, 0.3) is 0 Å². The summed E-state index contributed by atoms with van der Waals surface area (Å²) >= 11 is 0. The SMILES string of the molecule is COc1ccc(C(C)C)cc1-c1cc(C)nn1CCN. The topological polar surface area (TPSA) is 53.1 Å². The van der Waals surface area contributed by atoms with Gasteiger partial charge in [-0.05, 0) is 36.6 Å². The number of methoxy groups -OCH3 is 1. The summed E-state index contributed by atoms with van der Waals surface area (Å²) in [6.07, 6.45) is 0. The molecular weight excluding hydrogens is 250 g/mol. The van der Waals surface area contributed by atoms with Crippen LogP contribution in [-0.4, -0.2) is 23.4 Å². The maximum Gasteiger partial charge on any atom is 0.128 e.